The van der Waals surface area contributed by atoms with Crippen LogP contribution in [0.25, 0.3) is 10.9 Å². The minimum atomic E-state index is 0.395. The molecule has 2 aliphatic rings. The van der Waals surface area contributed by atoms with Crippen molar-refractivity contribution >= 4 is 16.6 Å². The van der Waals surface area contributed by atoms with Gasteiger partial charge in [-0.2, -0.15) is 0 Å². The number of hydrogen-bond acceptors (Lipinski definition) is 3. The zero-order valence-corrected chi connectivity index (χ0v) is 12.7. The molecule has 0 aliphatic carbocycles. The number of pyridine rings is 1. The van der Waals surface area contributed by atoms with Gasteiger partial charge >= 0.3 is 0 Å². The Kier molecular flexibility index (Phi) is 3.11. The van der Waals surface area contributed by atoms with Crippen LogP contribution in [0.3, 0.4) is 0 Å². The van der Waals surface area contributed by atoms with Crippen molar-refractivity contribution < 1.29 is 4.74 Å². The molecular weight excluding hydrogens is 260 g/mol. The minimum absolute atomic E-state index is 0.395. The summed E-state index contributed by atoms with van der Waals surface area (Å²) in [6.07, 6.45) is 5.46. The Hall–Kier alpha value is -1.61. The average Bonchev–Trinajstić information content (AvgIpc) is 3.10. The van der Waals surface area contributed by atoms with Crippen molar-refractivity contribution in [2.75, 3.05) is 5.32 Å². The van der Waals surface area contributed by atoms with Crippen molar-refractivity contribution in [2.24, 2.45) is 0 Å². The van der Waals surface area contributed by atoms with Gasteiger partial charge in [-0.05, 0) is 44.2 Å². The summed E-state index contributed by atoms with van der Waals surface area (Å²) in [6.45, 7) is 4.33. The molecule has 0 saturated carbocycles. The molecule has 3 atom stereocenters. The summed E-state index contributed by atoms with van der Waals surface area (Å²) in [7, 11) is 0. The molecule has 3 heterocycles. The molecule has 2 aromatic rings. The maximum atomic E-state index is 5.99. The van der Waals surface area contributed by atoms with Crippen molar-refractivity contribution in [2.45, 2.75) is 57.8 Å². The summed E-state index contributed by atoms with van der Waals surface area (Å²) in [5.41, 5.74) is 4.85. The molecule has 1 N–H and O–H groups in total. The Morgan fingerprint density at radius 1 is 1.29 bits per heavy atom. The molecule has 110 valence electrons. The molecule has 4 rings (SSSR count). The van der Waals surface area contributed by atoms with Gasteiger partial charge in [0, 0.05) is 16.8 Å². The summed E-state index contributed by atoms with van der Waals surface area (Å²) >= 11 is 0. The van der Waals surface area contributed by atoms with Crippen molar-refractivity contribution in [3.8, 4) is 0 Å². The number of aryl methyl sites for hydroxylation is 1. The molecule has 2 fully saturated rings. The first-order chi connectivity index (χ1) is 10.3. The highest BCUT2D eigenvalue weighted by atomic mass is 16.5. The normalized spacial score (nSPS) is 27.4. The predicted octanol–water partition coefficient (Wildman–Crippen LogP) is 3.84. The third-order valence-electron chi connectivity index (χ3n) is 4.99. The molecule has 2 aliphatic heterocycles. The van der Waals surface area contributed by atoms with Crippen LogP contribution in [0.2, 0.25) is 0 Å². The van der Waals surface area contributed by atoms with Gasteiger partial charge in [0.1, 0.15) is 0 Å². The van der Waals surface area contributed by atoms with E-state index in [1.807, 2.05) is 0 Å². The maximum absolute atomic E-state index is 5.99. The Morgan fingerprint density at radius 3 is 2.86 bits per heavy atom. The number of rotatable bonds is 3. The predicted molar refractivity (Wildman–Crippen MR) is 85.8 cm³/mol. The number of anilines is 1. The Labute approximate surface area is 125 Å². The van der Waals surface area contributed by atoms with Gasteiger partial charge in [-0.1, -0.05) is 25.1 Å². The summed E-state index contributed by atoms with van der Waals surface area (Å²) in [6, 6.07) is 8.90. The molecule has 2 bridgehead atoms. The molecule has 0 amide bonds. The molecule has 21 heavy (non-hydrogen) atoms. The van der Waals surface area contributed by atoms with E-state index in [0.29, 0.717) is 18.2 Å². The van der Waals surface area contributed by atoms with Crippen molar-refractivity contribution in [1.82, 2.24) is 4.98 Å². The molecule has 1 aromatic carbocycles. The number of nitrogens with zero attached hydrogens (tertiary/aromatic N) is 1. The first-order valence-electron chi connectivity index (χ1n) is 8.06. The third-order valence-corrected chi connectivity index (χ3v) is 4.99. The minimum Gasteiger partial charge on any atom is -0.379 e. The lowest BCUT2D eigenvalue weighted by molar-refractivity contribution is 0.102. The van der Waals surface area contributed by atoms with Crippen molar-refractivity contribution in [3.63, 3.8) is 0 Å². The quantitative estimate of drug-likeness (QED) is 0.928. The van der Waals surface area contributed by atoms with Crippen LogP contribution < -0.4 is 5.32 Å². The number of benzene rings is 1. The van der Waals surface area contributed by atoms with Crippen LogP contribution in [-0.4, -0.2) is 23.2 Å². The van der Waals surface area contributed by atoms with Crippen LogP contribution in [0.5, 0.6) is 0 Å². The molecular formula is C18H22N2O. The Balaban J connectivity index is 1.78. The zero-order valence-electron chi connectivity index (χ0n) is 12.7. The second-order valence-corrected chi connectivity index (χ2v) is 6.28. The highest BCUT2D eigenvalue weighted by Crippen LogP contribution is 2.38. The van der Waals surface area contributed by atoms with Gasteiger partial charge in [-0.3, -0.25) is 4.98 Å². The molecule has 2 saturated heterocycles. The lowest BCUT2D eigenvalue weighted by atomic mass is 9.94. The number of ether oxygens (including phenoxy) is 1. The fourth-order valence-corrected chi connectivity index (χ4v) is 3.95. The summed E-state index contributed by atoms with van der Waals surface area (Å²) in [5.74, 6) is 0. The Bertz CT molecular complexity index is 682. The monoisotopic (exact) mass is 282 g/mol. The van der Waals surface area contributed by atoms with E-state index in [4.69, 9.17) is 9.72 Å². The number of aromatic nitrogens is 1. The van der Waals surface area contributed by atoms with Gasteiger partial charge in [0.25, 0.3) is 0 Å². The molecule has 0 spiro atoms. The van der Waals surface area contributed by atoms with Gasteiger partial charge < -0.3 is 10.1 Å². The third kappa shape index (κ3) is 2.11. The van der Waals surface area contributed by atoms with E-state index in [1.54, 1.807) is 0 Å². The number of para-hydroxylation sites is 1. The smallest absolute Gasteiger partial charge is 0.0781 e. The van der Waals surface area contributed by atoms with E-state index in [9.17, 15) is 0 Å². The topological polar surface area (TPSA) is 34.2 Å². The summed E-state index contributed by atoms with van der Waals surface area (Å²) in [5, 5.41) is 5.05. The van der Waals surface area contributed by atoms with E-state index < -0.39 is 0 Å². The molecule has 3 unspecified atom stereocenters. The van der Waals surface area contributed by atoms with Gasteiger partial charge in [0.05, 0.1) is 23.8 Å². The van der Waals surface area contributed by atoms with Gasteiger partial charge in [0.2, 0.25) is 0 Å². The van der Waals surface area contributed by atoms with Gasteiger partial charge in [-0.15, -0.1) is 0 Å². The van der Waals surface area contributed by atoms with Crippen LogP contribution in [0.15, 0.2) is 24.3 Å². The first kappa shape index (κ1) is 13.1. The van der Waals surface area contributed by atoms with Gasteiger partial charge in [-0.25, -0.2) is 0 Å². The highest BCUT2D eigenvalue weighted by molar-refractivity contribution is 5.93. The van der Waals surface area contributed by atoms with E-state index in [-0.39, 0.29) is 0 Å². The lowest BCUT2D eigenvalue weighted by Crippen LogP contribution is -2.31. The van der Waals surface area contributed by atoms with Crippen LogP contribution in [0, 0.1) is 6.92 Å². The van der Waals surface area contributed by atoms with Crippen molar-refractivity contribution in [3.05, 3.63) is 35.5 Å². The SMILES string of the molecule is CCc1c(C)nc2ccccc2c1NC1CC2CCC1O2. The second-order valence-electron chi connectivity index (χ2n) is 6.28. The van der Waals surface area contributed by atoms with E-state index in [1.165, 1.54) is 29.5 Å². The maximum Gasteiger partial charge on any atom is 0.0781 e. The number of fused-ring (bicyclic) bond motifs is 3. The lowest BCUT2D eigenvalue weighted by Gasteiger charge is -2.24. The van der Waals surface area contributed by atoms with Crippen molar-refractivity contribution in [1.29, 1.82) is 0 Å². The van der Waals surface area contributed by atoms with E-state index in [2.05, 4.69) is 43.4 Å². The average molecular weight is 282 g/mol. The molecule has 3 heteroatoms. The molecule has 3 nitrogen and oxygen atoms in total. The molecule has 1 aromatic heterocycles. The number of nitrogens with one attached hydrogen (secondary N) is 1. The van der Waals surface area contributed by atoms with Gasteiger partial charge in [0.15, 0.2) is 0 Å². The largest absolute Gasteiger partial charge is 0.379 e. The van der Waals surface area contributed by atoms with Crippen LogP contribution >= 0.6 is 0 Å². The van der Waals surface area contributed by atoms with E-state index in [0.717, 1.165) is 24.1 Å². The summed E-state index contributed by atoms with van der Waals surface area (Å²) in [4.78, 5) is 4.76. The zero-order chi connectivity index (χ0) is 14.4. The van der Waals surface area contributed by atoms with Crippen LogP contribution in [-0.2, 0) is 11.2 Å². The first-order valence-corrected chi connectivity index (χ1v) is 8.06. The fraction of sp³-hybridized carbons (Fsp3) is 0.500. The highest BCUT2D eigenvalue weighted by Gasteiger charge is 2.41. The standard InChI is InChI=1S/C18H22N2O/c1-3-13-11(2)19-15-7-5-4-6-14(15)18(13)20-16-10-12-8-9-17(16)21-12/h4-7,12,16-17H,3,8-10H2,1-2H3,(H,19,20). The fourth-order valence-electron chi connectivity index (χ4n) is 3.95. The number of hydrogen-bond donors (Lipinski definition) is 1. The van der Waals surface area contributed by atoms with Crippen LogP contribution in [0.1, 0.15) is 37.4 Å². The van der Waals surface area contributed by atoms with Crippen LogP contribution in [0.4, 0.5) is 5.69 Å². The second kappa shape index (κ2) is 4.99. The van der Waals surface area contributed by atoms with E-state index >= 15 is 0 Å². The summed E-state index contributed by atoms with van der Waals surface area (Å²) < 4.78 is 5.99. The Morgan fingerprint density at radius 2 is 2.14 bits per heavy atom. The molecule has 0 radical (unpaired) electrons.